The first-order valence-corrected chi connectivity index (χ1v) is 5.42. The first-order valence-electron chi connectivity index (χ1n) is 5.01. The van der Waals surface area contributed by atoms with Crippen LogP contribution in [-0.4, -0.2) is 9.97 Å². The lowest BCUT2D eigenvalue weighted by Gasteiger charge is -2.08. The highest BCUT2D eigenvalue weighted by Gasteiger charge is 2.14. The first kappa shape index (κ1) is 11.9. The Hall–Kier alpha value is -1.62. The largest absolute Gasteiger partial charge is 0.330 e. The number of rotatable bonds is 1. The zero-order chi connectivity index (χ0) is 12.6. The van der Waals surface area contributed by atoms with Gasteiger partial charge in [0.05, 0.1) is 5.69 Å². The van der Waals surface area contributed by atoms with Gasteiger partial charge in [-0.1, -0.05) is 6.07 Å². The minimum atomic E-state index is -0.870. The molecule has 1 heterocycles. The number of halogens is 2. The van der Waals surface area contributed by atoms with Crippen LogP contribution in [0.1, 0.15) is 11.1 Å². The van der Waals surface area contributed by atoms with Gasteiger partial charge in [0.2, 0.25) is 0 Å². The van der Waals surface area contributed by atoms with Crippen molar-refractivity contribution in [3.05, 3.63) is 45.9 Å². The van der Waals surface area contributed by atoms with E-state index in [1.807, 2.05) is 0 Å². The summed E-state index contributed by atoms with van der Waals surface area (Å²) in [7, 11) is 0. The van der Waals surface area contributed by atoms with Crippen LogP contribution in [0.15, 0.2) is 18.3 Å². The van der Waals surface area contributed by atoms with Crippen LogP contribution in [0, 0.1) is 30.3 Å². The van der Waals surface area contributed by atoms with E-state index in [1.165, 1.54) is 25.3 Å². The van der Waals surface area contributed by atoms with Gasteiger partial charge in [-0.2, -0.15) is 0 Å². The fraction of sp³-hybridized carbons (Fsp3) is 0.167. The summed E-state index contributed by atoms with van der Waals surface area (Å²) in [5.74, 6) is -1.71. The van der Waals surface area contributed by atoms with E-state index in [9.17, 15) is 8.78 Å². The van der Waals surface area contributed by atoms with Gasteiger partial charge in [-0.15, -0.1) is 0 Å². The Balaban J connectivity index is 2.73. The molecule has 1 N–H and O–H groups in total. The summed E-state index contributed by atoms with van der Waals surface area (Å²) in [4.78, 5) is 6.65. The standard InChI is InChI=1S/C12H10F2N2S/c1-6-3-4-8(10(14)9(6)13)11-7(2)5-15-12(17)16-11/h3-5H,1-2H3,(H,15,16,17). The third-order valence-corrected chi connectivity index (χ3v) is 2.75. The van der Waals surface area contributed by atoms with Crippen LogP contribution in [0.5, 0.6) is 0 Å². The molecule has 2 nitrogen and oxygen atoms in total. The second-order valence-corrected chi connectivity index (χ2v) is 4.19. The maximum atomic E-state index is 13.8. The van der Waals surface area contributed by atoms with E-state index >= 15 is 0 Å². The number of benzene rings is 1. The minimum Gasteiger partial charge on any atom is -0.330 e. The highest BCUT2D eigenvalue weighted by atomic mass is 32.1. The van der Waals surface area contributed by atoms with Crippen LogP contribution < -0.4 is 0 Å². The van der Waals surface area contributed by atoms with Crippen LogP contribution >= 0.6 is 12.2 Å². The summed E-state index contributed by atoms with van der Waals surface area (Å²) in [6.45, 7) is 3.27. The van der Waals surface area contributed by atoms with Gasteiger partial charge in [-0.05, 0) is 43.3 Å². The van der Waals surface area contributed by atoms with Crippen molar-refractivity contribution in [1.82, 2.24) is 9.97 Å². The first-order chi connectivity index (χ1) is 8.00. The average molecular weight is 252 g/mol. The number of hydrogen-bond acceptors (Lipinski definition) is 2. The zero-order valence-corrected chi connectivity index (χ0v) is 10.2. The van der Waals surface area contributed by atoms with Crippen molar-refractivity contribution in [3.63, 3.8) is 0 Å². The second kappa shape index (κ2) is 4.33. The van der Waals surface area contributed by atoms with E-state index in [-0.39, 0.29) is 15.9 Å². The summed E-state index contributed by atoms with van der Waals surface area (Å²) < 4.78 is 27.5. The number of nitrogens with one attached hydrogen (secondary N) is 1. The van der Waals surface area contributed by atoms with Gasteiger partial charge in [-0.3, -0.25) is 0 Å². The van der Waals surface area contributed by atoms with Crippen molar-refractivity contribution in [3.8, 4) is 11.3 Å². The van der Waals surface area contributed by atoms with E-state index in [2.05, 4.69) is 9.97 Å². The monoisotopic (exact) mass is 252 g/mol. The van der Waals surface area contributed by atoms with Gasteiger partial charge in [0.1, 0.15) is 0 Å². The molecule has 17 heavy (non-hydrogen) atoms. The molecule has 0 saturated heterocycles. The molecule has 5 heteroatoms. The molecule has 0 atom stereocenters. The summed E-state index contributed by atoms with van der Waals surface area (Å²) in [6.07, 6.45) is 1.53. The Labute approximate surface area is 102 Å². The Morgan fingerprint density at radius 2 is 1.82 bits per heavy atom. The molecule has 1 aromatic heterocycles. The van der Waals surface area contributed by atoms with Crippen molar-refractivity contribution in [2.75, 3.05) is 0 Å². The summed E-state index contributed by atoms with van der Waals surface area (Å²) in [6, 6.07) is 3.06. The Bertz CT molecular complexity index is 635. The van der Waals surface area contributed by atoms with Crippen molar-refractivity contribution in [2.24, 2.45) is 0 Å². The number of aryl methyl sites for hydroxylation is 2. The van der Waals surface area contributed by atoms with Gasteiger partial charge in [0.25, 0.3) is 0 Å². The molecule has 0 radical (unpaired) electrons. The van der Waals surface area contributed by atoms with E-state index in [0.717, 1.165) is 0 Å². The number of hydrogen-bond donors (Lipinski definition) is 1. The molecule has 2 aromatic rings. The van der Waals surface area contributed by atoms with Gasteiger partial charge in [-0.25, -0.2) is 13.8 Å². The second-order valence-electron chi connectivity index (χ2n) is 3.80. The van der Waals surface area contributed by atoms with E-state index < -0.39 is 11.6 Å². The van der Waals surface area contributed by atoms with Crippen molar-refractivity contribution in [1.29, 1.82) is 0 Å². The predicted molar refractivity (Wildman–Crippen MR) is 64.2 cm³/mol. The van der Waals surface area contributed by atoms with Crippen LogP contribution in [-0.2, 0) is 0 Å². The quantitative estimate of drug-likeness (QED) is 0.784. The Morgan fingerprint density at radius 3 is 2.53 bits per heavy atom. The molecule has 0 aliphatic rings. The van der Waals surface area contributed by atoms with Crippen LogP contribution in [0.2, 0.25) is 0 Å². The molecule has 2 rings (SSSR count). The topological polar surface area (TPSA) is 28.7 Å². The van der Waals surface area contributed by atoms with E-state index in [4.69, 9.17) is 12.2 Å². The number of aromatic amines is 1. The molecule has 88 valence electrons. The van der Waals surface area contributed by atoms with E-state index in [1.54, 1.807) is 6.92 Å². The highest BCUT2D eigenvalue weighted by molar-refractivity contribution is 7.71. The van der Waals surface area contributed by atoms with Crippen molar-refractivity contribution in [2.45, 2.75) is 13.8 Å². The SMILES string of the molecule is Cc1cnc(=S)[nH]c1-c1ccc(C)c(F)c1F. The number of nitrogens with zero attached hydrogens (tertiary/aromatic N) is 1. The molecule has 0 aliphatic carbocycles. The fourth-order valence-electron chi connectivity index (χ4n) is 1.58. The van der Waals surface area contributed by atoms with Crippen molar-refractivity contribution >= 4 is 12.2 Å². The third kappa shape index (κ3) is 2.10. The van der Waals surface area contributed by atoms with Gasteiger partial charge in [0.15, 0.2) is 16.4 Å². The molecule has 0 bridgehead atoms. The maximum absolute atomic E-state index is 13.8. The highest BCUT2D eigenvalue weighted by Crippen LogP contribution is 2.26. The zero-order valence-electron chi connectivity index (χ0n) is 9.34. The molecule has 0 amide bonds. The summed E-state index contributed by atoms with van der Waals surface area (Å²) in [5, 5.41) is 0. The van der Waals surface area contributed by atoms with E-state index in [0.29, 0.717) is 11.3 Å². The number of aromatic nitrogens is 2. The fourth-order valence-corrected chi connectivity index (χ4v) is 1.73. The lowest BCUT2D eigenvalue weighted by molar-refractivity contribution is 0.505. The minimum absolute atomic E-state index is 0.166. The van der Waals surface area contributed by atoms with Gasteiger partial charge >= 0.3 is 0 Å². The molecule has 0 unspecified atom stereocenters. The van der Waals surface area contributed by atoms with Gasteiger partial charge in [0, 0.05) is 11.8 Å². The smallest absolute Gasteiger partial charge is 0.197 e. The lowest BCUT2D eigenvalue weighted by Crippen LogP contribution is -1.97. The summed E-state index contributed by atoms with van der Waals surface area (Å²) >= 11 is 4.88. The van der Waals surface area contributed by atoms with Gasteiger partial charge < -0.3 is 4.98 Å². The molecule has 0 aliphatic heterocycles. The Kier molecular flexibility index (Phi) is 3.02. The maximum Gasteiger partial charge on any atom is 0.197 e. The van der Waals surface area contributed by atoms with Crippen LogP contribution in [0.25, 0.3) is 11.3 Å². The average Bonchev–Trinajstić information content (AvgIpc) is 2.30. The van der Waals surface area contributed by atoms with Crippen LogP contribution in [0.3, 0.4) is 0 Å². The molecular weight excluding hydrogens is 242 g/mol. The molecule has 0 saturated carbocycles. The normalized spacial score (nSPS) is 10.6. The molecular formula is C12H10F2N2S. The lowest BCUT2D eigenvalue weighted by atomic mass is 10.1. The van der Waals surface area contributed by atoms with Crippen molar-refractivity contribution < 1.29 is 8.78 Å². The molecule has 0 spiro atoms. The Morgan fingerprint density at radius 1 is 1.12 bits per heavy atom. The molecule has 0 fully saturated rings. The molecule has 1 aromatic carbocycles. The third-order valence-electron chi connectivity index (χ3n) is 2.55. The predicted octanol–water partition coefficient (Wildman–Crippen LogP) is 3.70. The van der Waals surface area contributed by atoms with Crippen LogP contribution in [0.4, 0.5) is 8.78 Å². The number of H-pyrrole nitrogens is 1. The summed E-state index contributed by atoms with van der Waals surface area (Å²) in [5.41, 5.74) is 1.61.